The summed E-state index contributed by atoms with van der Waals surface area (Å²) < 4.78 is 2.04. The van der Waals surface area contributed by atoms with Gasteiger partial charge >= 0.3 is 0 Å². The van der Waals surface area contributed by atoms with E-state index >= 15 is 0 Å². The smallest absolute Gasteiger partial charge is 0.0817 e. The lowest BCUT2D eigenvalue weighted by atomic mass is 10.1. The number of rotatable bonds is 6. The molecule has 1 aromatic heterocycles. The van der Waals surface area contributed by atoms with Crippen molar-refractivity contribution in [3.63, 3.8) is 0 Å². The van der Waals surface area contributed by atoms with Crippen LogP contribution in [-0.4, -0.2) is 16.8 Å². The molecule has 0 aliphatic heterocycles. The van der Waals surface area contributed by atoms with Gasteiger partial charge in [-0.05, 0) is 31.0 Å². The largest absolute Gasteiger partial charge is 0.368 e. The molecule has 20 heavy (non-hydrogen) atoms. The fourth-order valence-electron chi connectivity index (χ4n) is 2.28. The Morgan fingerprint density at radius 1 is 1.30 bits per heavy atom. The molecule has 0 radical (unpaired) electrons. The van der Waals surface area contributed by atoms with Gasteiger partial charge in [-0.25, -0.2) is 0 Å². The number of nitrogens with zero attached hydrogens (tertiary/aromatic N) is 3. The molecule has 1 unspecified atom stereocenters. The van der Waals surface area contributed by atoms with Gasteiger partial charge in [0.15, 0.2) is 0 Å². The molecule has 1 aromatic carbocycles. The molecule has 2 N–H and O–H groups in total. The maximum Gasteiger partial charge on any atom is 0.0817 e. The Hall–Kier alpha value is -1.81. The van der Waals surface area contributed by atoms with E-state index in [1.807, 2.05) is 16.8 Å². The molecule has 0 spiro atoms. The quantitative estimate of drug-likeness (QED) is 0.879. The molecule has 1 heterocycles. The van der Waals surface area contributed by atoms with Crippen LogP contribution in [-0.2, 0) is 13.1 Å². The summed E-state index contributed by atoms with van der Waals surface area (Å²) in [5, 5.41) is 4.65. The van der Waals surface area contributed by atoms with Crippen molar-refractivity contribution in [1.82, 2.24) is 9.78 Å². The zero-order valence-electron chi connectivity index (χ0n) is 12.6. The monoisotopic (exact) mass is 272 g/mol. The van der Waals surface area contributed by atoms with Gasteiger partial charge < -0.3 is 10.6 Å². The van der Waals surface area contributed by atoms with Crippen LogP contribution in [0.4, 0.5) is 5.69 Å². The average Bonchev–Trinajstić information content (AvgIpc) is 2.94. The minimum absolute atomic E-state index is 0.449. The first-order chi connectivity index (χ1) is 9.65. The zero-order valence-corrected chi connectivity index (χ0v) is 12.6. The van der Waals surface area contributed by atoms with Crippen LogP contribution in [0.5, 0.6) is 0 Å². The standard InChI is InChI=1S/C16H24N4/c1-4-13(2)20-10-9-15(18-20)12-19(3)16-8-6-5-7-14(16)11-17/h5-10,13H,4,11-12,17H2,1-3H3. The Morgan fingerprint density at radius 3 is 2.75 bits per heavy atom. The van der Waals surface area contributed by atoms with Crippen molar-refractivity contribution >= 4 is 5.69 Å². The maximum atomic E-state index is 5.80. The normalized spacial score (nSPS) is 12.4. The predicted molar refractivity (Wildman–Crippen MR) is 83.7 cm³/mol. The van der Waals surface area contributed by atoms with E-state index in [4.69, 9.17) is 5.73 Å². The number of anilines is 1. The van der Waals surface area contributed by atoms with E-state index in [1.165, 1.54) is 5.69 Å². The van der Waals surface area contributed by atoms with E-state index in [9.17, 15) is 0 Å². The second kappa shape index (κ2) is 6.57. The van der Waals surface area contributed by atoms with Crippen molar-refractivity contribution in [2.75, 3.05) is 11.9 Å². The fourth-order valence-corrected chi connectivity index (χ4v) is 2.28. The van der Waals surface area contributed by atoms with Crippen LogP contribution in [0, 0.1) is 0 Å². The second-order valence-corrected chi connectivity index (χ2v) is 5.23. The Balaban J connectivity index is 2.11. The highest BCUT2D eigenvalue weighted by Crippen LogP contribution is 2.20. The van der Waals surface area contributed by atoms with E-state index in [-0.39, 0.29) is 0 Å². The van der Waals surface area contributed by atoms with E-state index in [2.05, 4.69) is 55.3 Å². The second-order valence-electron chi connectivity index (χ2n) is 5.23. The van der Waals surface area contributed by atoms with Crippen LogP contribution in [0.25, 0.3) is 0 Å². The predicted octanol–water partition coefficient (Wildman–Crippen LogP) is 2.95. The van der Waals surface area contributed by atoms with Gasteiger partial charge in [-0.1, -0.05) is 25.1 Å². The molecule has 0 fully saturated rings. The van der Waals surface area contributed by atoms with E-state index in [1.54, 1.807) is 0 Å². The maximum absolute atomic E-state index is 5.80. The van der Waals surface area contributed by atoms with Crippen LogP contribution in [0.2, 0.25) is 0 Å². The Morgan fingerprint density at radius 2 is 2.05 bits per heavy atom. The van der Waals surface area contributed by atoms with E-state index in [0.29, 0.717) is 12.6 Å². The van der Waals surface area contributed by atoms with Gasteiger partial charge in [-0.2, -0.15) is 5.10 Å². The van der Waals surface area contributed by atoms with Gasteiger partial charge in [0.1, 0.15) is 0 Å². The third-order valence-corrected chi connectivity index (χ3v) is 3.73. The van der Waals surface area contributed by atoms with Crippen LogP contribution in [0.1, 0.15) is 37.6 Å². The molecule has 0 aliphatic rings. The summed E-state index contributed by atoms with van der Waals surface area (Å²) in [6, 6.07) is 10.8. The molecular formula is C16H24N4. The molecular weight excluding hydrogens is 248 g/mol. The number of hydrogen-bond acceptors (Lipinski definition) is 3. The number of aromatic nitrogens is 2. The first-order valence-electron chi connectivity index (χ1n) is 7.18. The van der Waals surface area contributed by atoms with Crippen LogP contribution in [0.3, 0.4) is 0 Å². The molecule has 4 nitrogen and oxygen atoms in total. The van der Waals surface area contributed by atoms with Crippen molar-refractivity contribution in [1.29, 1.82) is 0 Å². The third-order valence-electron chi connectivity index (χ3n) is 3.73. The van der Waals surface area contributed by atoms with Gasteiger partial charge in [0, 0.05) is 31.5 Å². The molecule has 108 valence electrons. The minimum Gasteiger partial charge on any atom is -0.368 e. The van der Waals surface area contributed by atoms with E-state index < -0.39 is 0 Å². The highest BCUT2D eigenvalue weighted by molar-refractivity contribution is 5.53. The summed E-state index contributed by atoms with van der Waals surface area (Å²) in [5.74, 6) is 0. The van der Waals surface area contributed by atoms with Crippen molar-refractivity contribution in [3.05, 3.63) is 47.8 Å². The summed E-state index contributed by atoms with van der Waals surface area (Å²) in [5.41, 5.74) is 9.22. The minimum atomic E-state index is 0.449. The Labute approximate surface area is 121 Å². The summed E-state index contributed by atoms with van der Waals surface area (Å²) in [6.45, 7) is 5.71. The van der Waals surface area contributed by atoms with Gasteiger partial charge in [0.05, 0.1) is 12.2 Å². The third kappa shape index (κ3) is 3.20. The number of para-hydroxylation sites is 1. The average molecular weight is 272 g/mol. The van der Waals surface area contributed by atoms with Gasteiger partial charge in [-0.3, -0.25) is 4.68 Å². The summed E-state index contributed by atoms with van der Waals surface area (Å²) >= 11 is 0. The Kier molecular flexibility index (Phi) is 4.79. The van der Waals surface area contributed by atoms with Crippen LogP contribution >= 0.6 is 0 Å². The molecule has 2 rings (SSSR count). The van der Waals surface area contributed by atoms with Crippen molar-refractivity contribution in [2.45, 2.75) is 39.4 Å². The fraction of sp³-hybridized carbons (Fsp3) is 0.438. The Bertz CT molecular complexity index is 547. The van der Waals surface area contributed by atoms with Crippen LogP contribution in [0.15, 0.2) is 36.5 Å². The lowest BCUT2D eigenvalue weighted by molar-refractivity contribution is 0.473. The zero-order chi connectivity index (χ0) is 14.5. The van der Waals surface area contributed by atoms with E-state index in [0.717, 1.165) is 24.2 Å². The molecule has 4 heteroatoms. The lowest BCUT2D eigenvalue weighted by Gasteiger charge is -2.21. The van der Waals surface area contributed by atoms with Crippen molar-refractivity contribution in [2.24, 2.45) is 5.73 Å². The highest BCUT2D eigenvalue weighted by Gasteiger charge is 2.09. The summed E-state index contributed by atoms with van der Waals surface area (Å²) in [6.07, 6.45) is 3.15. The summed E-state index contributed by atoms with van der Waals surface area (Å²) in [4.78, 5) is 2.20. The number of benzene rings is 1. The highest BCUT2D eigenvalue weighted by atomic mass is 15.3. The SMILES string of the molecule is CCC(C)n1ccc(CN(C)c2ccccc2CN)n1. The molecule has 1 atom stereocenters. The molecule has 0 aliphatic carbocycles. The molecule has 0 amide bonds. The lowest BCUT2D eigenvalue weighted by Crippen LogP contribution is -2.19. The molecule has 2 aromatic rings. The van der Waals surface area contributed by atoms with Crippen molar-refractivity contribution in [3.8, 4) is 0 Å². The number of hydrogen-bond donors (Lipinski definition) is 1. The van der Waals surface area contributed by atoms with Gasteiger partial charge in [0.2, 0.25) is 0 Å². The van der Waals surface area contributed by atoms with Gasteiger partial charge in [0.25, 0.3) is 0 Å². The molecule has 0 saturated heterocycles. The molecule has 0 saturated carbocycles. The topological polar surface area (TPSA) is 47.1 Å². The van der Waals surface area contributed by atoms with Crippen LogP contribution < -0.4 is 10.6 Å². The molecule has 0 bridgehead atoms. The first kappa shape index (κ1) is 14.6. The van der Waals surface area contributed by atoms with Crippen molar-refractivity contribution < 1.29 is 0 Å². The summed E-state index contributed by atoms with van der Waals surface area (Å²) in [7, 11) is 2.08. The number of nitrogens with two attached hydrogens (primary N) is 1. The van der Waals surface area contributed by atoms with Gasteiger partial charge in [-0.15, -0.1) is 0 Å². The first-order valence-corrected chi connectivity index (χ1v) is 7.18.